The third kappa shape index (κ3) is 4.39. The molecule has 0 radical (unpaired) electrons. The van der Waals surface area contributed by atoms with Gasteiger partial charge in [-0.25, -0.2) is 4.98 Å². The fraction of sp³-hybridized carbons (Fsp3) is 0.292. The van der Waals surface area contributed by atoms with Gasteiger partial charge in [0, 0.05) is 13.1 Å². The lowest BCUT2D eigenvalue weighted by Gasteiger charge is -2.39. The number of carbonyl (C=O) groups is 1. The molecule has 1 aliphatic heterocycles. The Morgan fingerprint density at radius 2 is 1.91 bits per heavy atom. The number of hydrogen-bond acceptors (Lipinski definition) is 4. The van der Waals surface area contributed by atoms with E-state index >= 15 is 0 Å². The molecule has 1 amide bonds. The first-order valence-corrected chi connectivity index (χ1v) is 11.0. The summed E-state index contributed by atoms with van der Waals surface area (Å²) in [5.41, 5.74) is 7.49. The molecule has 8 heteroatoms. The summed E-state index contributed by atoms with van der Waals surface area (Å²) in [6.07, 6.45) is 3.60. The number of nitrogens with one attached hydrogen (secondary N) is 2. The molecule has 7 nitrogen and oxygen atoms in total. The molecule has 1 fully saturated rings. The van der Waals surface area contributed by atoms with E-state index < -0.39 is 0 Å². The van der Waals surface area contributed by atoms with E-state index in [2.05, 4.69) is 26.4 Å². The molecule has 0 bridgehead atoms. The SMILES string of the molecule is Cc1cc(Cl)c(C(=O)N[N+]2(c3cncn3Cc3ccc(C#N)cc3)CCNCC2)cc1C. The number of rotatable bonds is 5. The van der Waals surface area contributed by atoms with Crippen LogP contribution in [0, 0.1) is 25.2 Å². The van der Waals surface area contributed by atoms with Crippen molar-refractivity contribution < 1.29 is 4.79 Å². The number of hydrogen-bond donors (Lipinski definition) is 2. The first-order valence-electron chi connectivity index (χ1n) is 10.6. The molecule has 3 aromatic rings. The van der Waals surface area contributed by atoms with Crippen LogP contribution in [0.5, 0.6) is 0 Å². The maximum Gasteiger partial charge on any atom is 0.297 e. The average Bonchev–Trinajstić information content (AvgIpc) is 3.26. The number of carbonyl (C=O) groups excluding carboxylic acids is 1. The van der Waals surface area contributed by atoms with Crippen LogP contribution in [-0.4, -0.2) is 41.6 Å². The highest BCUT2D eigenvalue weighted by atomic mass is 35.5. The van der Waals surface area contributed by atoms with Crippen molar-refractivity contribution in [1.29, 1.82) is 5.26 Å². The summed E-state index contributed by atoms with van der Waals surface area (Å²) in [5, 5.41) is 12.9. The quantitative estimate of drug-likeness (QED) is 0.585. The van der Waals surface area contributed by atoms with Crippen molar-refractivity contribution in [2.24, 2.45) is 0 Å². The van der Waals surface area contributed by atoms with Crippen LogP contribution in [0.1, 0.15) is 32.6 Å². The summed E-state index contributed by atoms with van der Waals surface area (Å²) >= 11 is 6.43. The largest absolute Gasteiger partial charge is 0.306 e. The molecule has 2 heterocycles. The molecule has 1 aromatic heterocycles. The number of piperazine rings is 1. The molecule has 0 saturated carbocycles. The van der Waals surface area contributed by atoms with Gasteiger partial charge in [-0.05, 0) is 54.8 Å². The third-order valence-electron chi connectivity index (χ3n) is 6.05. The lowest BCUT2D eigenvalue weighted by Crippen LogP contribution is -2.69. The number of benzene rings is 2. The standard InChI is InChI=1S/C24H25ClN6O/c1-17-11-21(22(25)12-18(17)2)24(32)29-31(9-7-27-8-10-31)23-14-28-16-30(23)15-20-5-3-19(13-26)4-6-20/h3-6,11-12,14,16,27H,7-10,15H2,1-2H3/p+1. The fourth-order valence-corrected chi connectivity index (χ4v) is 4.36. The minimum Gasteiger partial charge on any atom is -0.306 e. The predicted octanol–water partition coefficient (Wildman–Crippen LogP) is 3.33. The third-order valence-corrected chi connectivity index (χ3v) is 6.36. The van der Waals surface area contributed by atoms with E-state index in [4.69, 9.17) is 16.9 Å². The van der Waals surface area contributed by atoms with Crippen LogP contribution in [0.2, 0.25) is 5.02 Å². The minimum absolute atomic E-state index is 0.203. The van der Waals surface area contributed by atoms with E-state index in [-0.39, 0.29) is 10.5 Å². The van der Waals surface area contributed by atoms with Crippen molar-refractivity contribution in [2.75, 3.05) is 26.2 Å². The summed E-state index contributed by atoms with van der Waals surface area (Å²) in [4.78, 5) is 17.7. The molecular formula is C24H26ClN6O+. The van der Waals surface area contributed by atoms with Gasteiger partial charge in [-0.3, -0.25) is 9.36 Å². The molecule has 1 aliphatic rings. The molecular weight excluding hydrogens is 424 g/mol. The van der Waals surface area contributed by atoms with Crippen LogP contribution < -0.4 is 15.3 Å². The van der Waals surface area contributed by atoms with E-state index in [9.17, 15) is 4.79 Å². The van der Waals surface area contributed by atoms with Gasteiger partial charge < -0.3 is 5.32 Å². The van der Waals surface area contributed by atoms with Gasteiger partial charge in [-0.1, -0.05) is 23.7 Å². The number of aryl methyl sites for hydroxylation is 2. The first kappa shape index (κ1) is 22.0. The van der Waals surface area contributed by atoms with Gasteiger partial charge in [0.25, 0.3) is 11.7 Å². The Hall–Kier alpha value is -3.18. The van der Waals surface area contributed by atoms with E-state index in [0.717, 1.165) is 35.6 Å². The van der Waals surface area contributed by atoms with Gasteiger partial charge in [0.15, 0.2) is 0 Å². The van der Waals surface area contributed by atoms with E-state index in [1.165, 1.54) is 0 Å². The second kappa shape index (κ2) is 9.13. The summed E-state index contributed by atoms with van der Waals surface area (Å²) in [5.74, 6) is 0.704. The Morgan fingerprint density at radius 1 is 1.22 bits per heavy atom. The molecule has 2 aromatic carbocycles. The molecule has 0 spiro atoms. The zero-order valence-corrected chi connectivity index (χ0v) is 19.0. The predicted molar refractivity (Wildman–Crippen MR) is 125 cm³/mol. The van der Waals surface area contributed by atoms with Gasteiger partial charge >= 0.3 is 0 Å². The Bertz CT molecular complexity index is 1170. The number of quaternary nitrogens is 1. The lowest BCUT2D eigenvalue weighted by atomic mass is 10.1. The van der Waals surface area contributed by atoms with E-state index in [0.29, 0.717) is 35.8 Å². The van der Waals surface area contributed by atoms with Gasteiger partial charge in [0.2, 0.25) is 0 Å². The highest BCUT2D eigenvalue weighted by molar-refractivity contribution is 6.34. The number of halogens is 1. The molecule has 2 N–H and O–H groups in total. The number of aromatic nitrogens is 2. The molecule has 0 unspecified atom stereocenters. The first-order chi connectivity index (χ1) is 15.4. The van der Waals surface area contributed by atoms with Gasteiger partial charge in [-0.2, -0.15) is 15.3 Å². The highest BCUT2D eigenvalue weighted by Crippen LogP contribution is 2.25. The van der Waals surface area contributed by atoms with E-state index in [1.807, 2.05) is 56.4 Å². The monoisotopic (exact) mass is 449 g/mol. The average molecular weight is 450 g/mol. The minimum atomic E-state index is -0.203. The number of amides is 1. The summed E-state index contributed by atoms with van der Waals surface area (Å²) in [6.45, 7) is 7.46. The van der Waals surface area contributed by atoms with Gasteiger partial charge in [0.05, 0.1) is 35.1 Å². The Balaban J connectivity index is 1.66. The highest BCUT2D eigenvalue weighted by Gasteiger charge is 2.39. The molecule has 0 aliphatic carbocycles. The van der Waals surface area contributed by atoms with Crippen LogP contribution in [0.4, 0.5) is 5.82 Å². The number of imidazole rings is 1. The lowest BCUT2D eigenvalue weighted by molar-refractivity contribution is 0.0762. The van der Waals surface area contributed by atoms with Crippen LogP contribution in [0.15, 0.2) is 48.9 Å². The van der Waals surface area contributed by atoms with Crippen LogP contribution in [-0.2, 0) is 6.54 Å². The van der Waals surface area contributed by atoms with Crippen LogP contribution in [0.25, 0.3) is 0 Å². The second-order valence-electron chi connectivity index (χ2n) is 8.21. The number of nitrogens with zero attached hydrogens (tertiary/aromatic N) is 4. The van der Waals surface area contributed by atoms with Crippen molar-refractivity contribution in [3.05, 3.63) is 81.8 Å². The molecule has 1 saturated heterocycles. The summed E-state index contributed by atoms with van der Waals surface area (Å²) < 4.78 is 2.33. The zero-order valence-electron chi connectivity index (χ0n) is 18.2. The zero-order chi connectivity index (χ0) is 22.7. The number of nitriles is 1. The van der Waals surface area contributed by atoms with Gasteiger partial charge in [-0.15, -0.1) is 0 Å². The Morgan fingerprint density at radius 3 is 2.59 bits per heavy atom. The van der Waals surface area contributed by atoms with Crippen molar-refractivity contribution >= 4 is 23.3 Å². The molecule has 164 valence electrons. The molecule has 0 atom stereocenters. The summed E-state index contributed by atoms with van der Waals surface area (Å²) in [6, 6.07) is 13.3. The topological polar surface area (TPSA) is 82.7 Å². The van der Waals surface area contributed by atoms with Crippen molar-refractivity contribution in [3.63, 3.8) is 0 Å². The van der Waals surface area contributed by atoms with Crippen molar-refractivity contribution in [3.8, 4) is 6.07 Å². The molecule has 32 heavy (non-hydrogen) atoms. The Kier molecular flexibility index (Phi) is 6.28. The molecule has 4 rings (SSSR count). The van der Waals surface area contributed by atoms with Crippen molar-refractivity contribution in [2.45, 2.75) is 20.4 Å². The van der Waals surface area contributed by atoms with Gasteiger partial charge in [0.1, 0.15) is 19.3 Å². The Labute approximate surface area is 192 Å². The van der Waals surface area contributed by atoms with Crippen LogP contribution >= 0.6 is 11.6 Å². The maximum absolute atomic E-state index is 13.3. The van der Waals surface area contributed by atoms with E-state index in [1.54, 1.807) is 6.33 Å². The normalized spacial score (nSPS) is 15.2. The van der Waals surface area contributed by atoms with Crippen molar-refractivity contribution in [1.82, 2.24) is 24.9 Å². The second-order valence-corrected chi connectivity index (χ2v) is 8.62. The van der Waals surface area contributed by atoms with Crippen LogP contribution in [0.3, 0.4) is 0 Å². The smallest absolute Gasteiger partial charge is 0.297 e. The maximum atomic E-state index is 13.3. The summed E-state index contributed by atoms with van der Waals surface area (Å²) in [7, 11) is 0. The fourth-order valence-electron chi connectivity index (χ4n) is 4.06.